The van der Waals surface area contributed by atoms with Gasteiger partial charge in [0.1, 0.15) is 5.82 Å². The van der Waals surface area contributed by atoms with Crippen LogP contribution < -0.4 is 5.32 Å². The molecule has 19 heavy (non-hydrogen) atoms. The number of hydrogen-bond acceptors (Lipinski definition) is 4. The van der Waals surface area contributed by atoms with E-state index in [0.29, 0.717) is 11.7 Å². The summed E-state index contributed by atoms with van der Waals surface area (Å²) in [6.45, 7) is 2.89. The van der Waals surface area contributed by atoms with Gasteiger partial charge in [0, 0.05) is 31.9 Å². The summed E-state index contributed by atoms with van der Waals surface area (Å²) in [5, 5.41) is 3.29. The van der Waals surface area contributed by atoms with Crippen molar-refractivity contribution in [1.82, 2.24) is 19.5 Å². The van der Waals surface area contributed by atoms with Crippen LogP contribution in [-0.4, -0.2) is 26.1 Å². The Kier molecular flexibility index (Phi) is 3.26. The normalized spacial score (nSPS) is 14.7. The van der Waals surface area contributed by atoms with Crippen LogP contribution in [0.3, 0.4) is 0 Å². The maximum absolute atomic E-state index is 4.70. The van der Waals surface area contributed by atoms with Crippen molar-refractivity contribution in [1.29, 1.82) is 0 Å². The number of halogens is 1. The Morgan fingerprint density at radius 3 is 2.79 bits per heavy atom. The van der Waals surface area contributed by atoms with Gasteiger partial charge in [0.15, 0.2) is 11.6 Å². The lowest BCUT2D eigenvalue weighted by atomic mass is 10.2. The van der Waals surface area contributed by atoms with E-state index in [1.807, 2.05) is 17.8 Å². The van der Waals surface area contributed by atoms with Crippen LogP contribution in [0.1, 0.15) is 31.4 Å². The van der Waals surface area contributed by atoms with Gasteiger partial charge in [-0.25, -0.2) is 15.0 Å². The zero-order valence-corrected chi connectivity index (χ0v) is 12.6. The Labute approximate surface area is 120 Å². The van der Waals surface area contributed by atoms with E-state index in [1.54, 1.807) is 6.20 Å². The van der Waals surface area contributed by atoms with E-state index in [-0.39, 0.29) is 0 Å². The molecule has 1 N–H and O–H groups in total. The van der Waals surface area contributed by atoms with Crippen LogP contribution in [0.15, 0.2) is 16.9 Å². The molecule has 1 aliphatic carbocycles. The fraction of sp³-hybridized carbons (Fsp3) is 0.462. The van der Waals surface area contributed by atoms with Crippen LogP contribution in [0.2, 0.25) is 0 Å². The van der Waals surface area contributed by atoms with E-state index >= 15 is 0 Å². The van der Waals surface area contributed by atoms with E-state index < -0.39 is 0 Å². The van der Waals surface area contributed by atoms with Crippen LogP contribution >= 0.6 is 15.9 Å². The first-order chi connectivity index (χ1) is 9.20. The fourth-order valence-electron chi connectivity index (χ4n) is 2.06. The average Bonchev–Trinajstić information content (AvgIpc) is 3.14. The SMILES string of the molecule is CCNc1nc(-c2nccn2C)nc(C2CC2)c1Br. The largest absolute Gasteiger partial charge is 0.369 e. The Balaban J connectivity index is 2.12. The van der Waals surface area contributed by atoms with Gasteiger partial charge in [0.25, 0.3) is 0 Å². The Morgan fingerprint density at radius 2 is 2.21 bits per heavy atom. The van der Waals surface area contributed by atoms with E-state index in [2.05, 4.69) is 38.1 Å². The van der Waals surface area contributed by atoms with Crippen LogP contribution in [-0.2, 0) is 7.05 Å². The molecule has 0 saturated heterocycles. The maximum Gasteiger partial charge on any atom is 0.198 e. The molecule has 3 rings (SSSR count). The van der Waals surface area contributed by atoms with Gasteiger partial charge in [-0.3, -0.25) is 0 Å². The Bertz CT molecular complexity index is 603. The number of anilines is 1. The third kappa shape index (κ3) is 2.36. The second kappa shape index (κ2) is 4.92. The van der Waals surface area contributed by atoms with Gasteiger partial charge in [-0.15, -0.1) is 0 Å². The molecule has 0 bridgehead atoms. The molecule has 2 aromatic heterocycles. The molecular weight excluding hydrogens is 306 g/mol. The number of aryl methyl sites for hydroxylation is 1. The lowest BCUT2D eigenvalue weighted by molar-refractivity contribution is 0.890. The first kappa shape index (κ1) is 12.6. The Morgan fingerprint density at radius 1 is 1.42 bits per heavy atom. The highest BCUT2D eigenvalue weighted by Gasteiger charge is 2.30. The first-order valence-corrected chi connectivity index (χ1v) is 7.29. The number of aromatic nitrogens is 4. The van der Waals surface area contributed by atoms with Crippen LogP contribution in [0, 0.1) is 0 Å². The molecule has 0 aromatic carbocycles. The molecule has 5 nitrogen and oxygen atoms in total. The zero-order valence-electron chi connectivity index (χ0n) is 11.0. The van der Waals surface area contributed by atoms with Gasteiger partial charge >= 0.3 is 0 Å². The molecule has 0 radical (unpaired) electrons. The minimum absolute atomic E-state index is 0.564. The molecule has 1 aliphatic rings. The van der Waals surface area contributed by atoms with Crippen LogP contribution in [0.5, 0.6) is 0 Å². The predicted molar refractivity (Wildman–Crippen MR) is 78.1 cm³/mol. The summed E-state index contributed by atoms with van der Waals surface area (Å²) < 4.78 is 2.94. The molecule has 0 spiro atoms. The summed E-state index contributed by atoms with van der Waals surface area (Å²) in [7, 11) is 1.96. The molecular formula is C13H16BrN5. The van der Waals surface area contributed by atoms with E-state index in [1.165, 1.54) is 12.8 Å². The van der Waals surface area contributed by atoms with E-state index in [9.17, 15) is 0 Å². The van der Waals surface area contributed by atoms with Crippen LogP contribution in [0.25, 0.3) is 11.6 Å². The molecule has 1 fully saturated rings. The second-order valence-electron chi connectivity index (χ2n) is 4.76. The summed E-state index contributed by atoms with van der Waals surface area (Å²) in [6, 6.07) is 0. The van der Waals surface area contributed by atoms with Crippen molar-refractivity contribution in [2.24, 2.45) is 7.05 Å². The van der Waals surface area contributed by atoms with Gasteiger partial charge < -0.3 is 9.88 Å². The monoisotopic (exact) mass is 321 g/mol. The molecule has 0 atom stereocenters. The molecule has 0 unspecified atom stereocenters. The molecule has 2 heterocycles. The third-order valence-electron chi connectivity index (χ3n) is 3.21. The van der Waals surface area contributed by atoms with Crippen molar-refractivity contribution in [3.8, 4) is 11.6 Å². The van der Waals surface area contributed by atoms with Gasteiger partial charge in [-0.1, -0.05) is 0 Å². The third-order valence-corrected chi connectivity index (χ3v) is 3.99. The number of hydrogen-bond donors (Lipinski definition) is 1. The van der Waals surface area contributed by atoms with Gasteiger partial charge in [0.05, 0.1) is 10.2 Å². The minimum Gasteiger partial charge on any atom is -0.369 e. The van der Waals surface area contributed by atoms with E-state index in [0.717, 1.165) is 28.4 Å². The predicted octanol–water partition coefficient (Wildman–Crippen LogP) is 2.95. The van der Waals surface area contributed by atoms with Crippen molar-refractivity contribution in [2.75, 3.05) is 11.9 Å². The van der Waals surface area contributed by atoms with Crippen molar-refractivity contribution in [3.63, 3.8) is 0 Å². The lowest BCUT2D eigenvalue weighted by Crippen LogP contribution is -2.07. The molecule has 1 saturated carbocycles. The summed E-state index contributed by atoms with van der Waals surface area (Å²) in [6.07, 6.45) is 6.09. The molecule has 2 aromatic rings. The summed E-state index contributed by atoms with van der Waals surface area (Å²) >= 11 is 3.62. The highest BCUT2D eigenvalue weighted by atomic mass is 79.9. The quantitative estimate of drug-likeness (QED) is 0.940. The Hall–Kier alpha value is -1.43. The number of nitrogens with zero attached hydrogens (tertiary/aromatic N) is 4. The topological polar surface area (TPSA) is 55.6 Å². The maximum atomic E-state index is 4.70. The lowest BCUT2D eigenvalue weighted by Gasteiger charge is -2.11. The fourth-order valence-corrected chi connectivity index (χ4v) is 2.70. The van der Waals surface area contributed by atoms with Crippen molar-refractivity contribution in [3.05, 3.63) is 22.6 Å². The van der Waals surface area contributed by atoms with E-state index in [4.69, 9.17) is 4.98 Å². The first-order valence-electron chi connectivity index (χ1n) is 6.49. The number of nitrogens with one attached hydrogen (secondary N) is 1. The van der Waals surface area contributed by atoms with Crippen molar-refractivity contribution in [2.45, 2.75) is 25.7 Å². The zero-order chi connectivity index (χ0) is 13.4. The summed E-state index contributed by atoms with van der Waals surface area (Å²) in [4.78, 5) is 13.6. The van der Waals surface area contributed by atoms with Gasteiger partial charge in [-0.2, -0.15) is 0 Å². The second-order valence-corrected chi connectivity index (χ2v) is 5.55. The van der Waals surface area contributed by atoms with Crippen molar-refractivity contribution >= 4 is 21.7 Å². The molecule has 6 heteroatoms. The number of imidazole rings is 1. The summed E-state index contributed by atoms with van der Waals surface area (Å²) in [5.41, 5.74) is 1.10. The average molecular weight is 322 g/mol. The molecule has 0 amide bonds. The smallest absolute Gasteiger partial charge is 0.198 e. The highest BCUT2D eigenvalue weighted by Crippen LogP contribution is 2.44. The number of rotatable bonds is 4. The molecule has 0 aliphatic heterocycles. The van der Waals surface area contributed by atoms with Gasteiger partial charge in [-0.05, 0) is 35.7 Å². The standard InChI is InChI=1S/C13H16BrN5/c1-3-15-11-9(14)10(8-4-5-8)17-12(18-11)13-16-6-7-19(13)2/h6-8H,3-5H2,1-2H3,(H,15,17,18). The summed E-state index contributed by atoms with van der Waals surface area (Å²) in [5.74, 6) is 2.91. The minimum atomic E-state index is 0.564. The molecule has 100 valence electrons. The van der Waals surface area contributed by atoms with Crippen molar-refractivity contribution < 1.29 is 0 Å². The van der Waals surface area contributed by atoms with Crippen LogP contribution in [0.4, 0.5) is 5.82 Å². The van der Waals surface area contributed by atoms with Gasteiger partial charge in [0.2, 0.25) is 0 Å². The highest BCUT2D eigenvalue weighted by molar-refractivity contribution is 9.10.